The molecule has 0 aliphatic rings. The zero-order valence-corrected chi connectivity index (χ0v) is 13.0. The van der Waals surface area contributed by atoms with E-state index in [-0.39, 0.29) is 0 Å². The second-order valence-corrected chi connectivity index (χ2v) is 6.90. The van der Waals surface area contributed by atoms with Crippen molar-refractivity contribution in [3.63, 3.8) is 0 Å². The van der Waals surface area contributed by atoms with Gasteiger partial charge < -0.3 is 5.11 Å². The minimum atomic E-state index is -0.397. The van der Waals surface area contributed by atoms with Gasteiger partial charge in [-0.1, -0.05) is 44.9 Å². The highest BCUT2D eigenvalue weighted by atomic mass is 79.9. The number of halogens is 2. The molecule has 0 heterocycles. The summed E-state index contributed by atoms with van der Waals surface area (Å²) in [5.74, 6) is 0. The van der Waals surface area contributed by atoms with Crippen LogP contribution in [0.1, 0.15) is 51.7 Å². The Bertz CT molecular complexity index is 371. The molecule has 3 heteroatoms. The van der Waals surface area contributed by atoms with E-state index in [1.165, 1.54) is 0 Å². The Balaban J connectivity index is 2.52. The number of aliphatic hydroxyl groups is 1. The van der Waals surface area contributed by atoms with Crippen LogP contribution in [-0.4, -0.2) is 5.11 Å². The standard InChI is InChI=1S/C14H20BrClO/c1-14(2,3)8-4-5-13(17)10-6-7-12(16)11(15)9-10/h6-7,9,13,17H,4-5,8H2,1-3H3. The molecule has 0 saturated heterocycles. The minimum Gasteiger partial charge on any atom is -0.388 e. The van der Waals surface area contributed by atoms with Gasteiger partial charge in [-0.25, -0.2) is 0 Å². The first-order chi connectivity index (χ1) is 7.79. The Morgan fingerprint density at radius 2 is 2.00 bits per heavy atom. The van der Waals surface area contributed by atoms with Crippen LogP contribution >= 0.6 is 27.5 Å². The van der Waals surface area contributed by atoms with E-state index in [1.807, 2.05) is 18.2 Å². The summed E-state index contributed by atoms with van der Waals surface area (Å²) in [5, 5.41) is 10.7. The Labute approximate surface area is 117 Å². The molecule has 96 valence electrons. The van der Waals surface area contributed by atoms with E-state index in [0.29, 0.717) is 10.4 Å². The quantitative estimate of drug-likeness (QED) is 0.793. The second-order valence-electron chi connectivity index (χ2n) is 5.64. The molecular formula is C14H20BrClO. The lowest BCUT2D eigenvalue weighted by Gasteiger charge is -2.19. The molecule has 1 nitrogen and oxygen atoms in total. The molecule has 0 saturated carbocycles. The largest absolute Gasteiger partial charge is 0.388 e. The molecule has 1 atom stereocenters. The molecule has 0 amide bonds. The molecule has 0 radical (unpaired) electrons. The van der Waals surface area contributed by atoms with Gasteiger partial charge in [0.15, 0.2) is 0 Å². The minimum absolute atomic E-state index is 0.334. The molecule has 0 bridgehead atoms. The van der Waals surface area contributed by atoms with E-state index in [2.05, 4.69) is 36.7 Å². The van der Waals surface area contributed by atoms with Crippen LogP contribution in [0.15, 0.2) is 22.7 Å². The number of rotatable bonds is 4. The van der Waals surface area contributed by atoms with Gasteiger partial charge in [0.25, 0.3) is 0 Å². The smallest absolute Gasteiger partial charge is 0.0790 e. The molecule has 1 unspecified atom stereocenters. The molecule has 0 spiro atoms. The van der Waals surface area contributed by atoms with Crippen LogP contribution in [0.4, 0.5) is 0 Å². The summed E-state index contributed by atoms with van der Waals surface area (Å²) in [6.07, 6.45) is 2.56. The van der Waals surface area contributed by atoms with E-state index in [4.69, 9.17) is 11.6 Å². The maximum Gasteiger partial charge on any atom is 0.0790 e. The second kappa shape index (κ2) is 6.21. The first-order valence-electron chi connectivity index (χ1n) is 5.92. The van der Waals surface area contributed by atoms with Crippen LogP contribution in [0.25, 0.3) is 0 Å². The van der Waals surface area contributed by atoms with Crippen molar-refractivity contribution in [2.75, 3.05) is 0 Å². The Morgan fingerprint density at radius 1 is 1.35 bits per heavy atom. The lowest BCUT2D eigenvalue weighted by atomic mass is 9.88. The normalized spacial score (nSPS) is 13.8. The van der Waals surface area contributed by atoms with Crippen molar-refractivity contribution >= 4 is 27.5 Å². The predicted molar refractivity (Wildman–Crippen MR) is 77.4 cm³/mol. The molecule has 1 aromatic rings. The van der Waals surface area contributed by atoms with Crippen LogP contribution in [-0.2, 0) is 0 Å². The summed E-state index contributed by atoms with van der Waals surface area (Å²) in [5.41, 5.74) is 1.26. The van der Waals surface area contributed by atoms with Crippen LogP contribution in [0.2, 0.25) is 5.02 Å². The Kier molecular flexibility index (Phi) is 5.49. The Morgan fingerprint density at radius 3 is 2.53 bits per heavy atom. The Hall–Kier alpha value is -0.0500. The van der Waals surface area contributed by atoms with E-state index in [9.17, 15) is 5.11 Å². The lowest BCUT2D eigenvalue weighted by Crippen LogP contribution is -2.06. The van der Waals surface area contributed by atoms with E-state index in [0.717, 1.165) is 29.3 Å². The fourth-order valence-corrected chi connectivity index (χ4v) is 2.23. The average molecular weight is 320 g/mol. The summed E-state index contributed by atoms with van der Waals surface area (Å²) >= 11 is 9.29. The summed E-state index contributed by atoms with van der Waals surface area (Å²) in [7, 11) is 0. The van der Waals surface area contributed by atoms with Gasteiger partial charge in [-0.05, 0) is 51.9 Å². The van der Waals surface area contributed by atoms with E-state index in [1.54, 1.807) is 0 Å². The summed E-state index contributed by atoms with van der Waals surface area (Å²) < 4.78 is 0.839. The first-order valence-corrected chi connectivity index (χ1v) is 7.10. The third kappa shape index (κ3) is 5.41. The van der Waals surface area contributed by atoms with Crippen molar-refractivity contribution in [2.24, 2.45) is 5.41 Å². The van der Waals surface area contributed by atoms with Crippen molar-refractivity contribution in [3.8, 4) is 0 Å². The number of hydrogen-bond donors (Lipinski definition) is 1. The van der Waals surface area contributed by atoms with Gasteiger partial charge in [0.05, 0.1) is 11.1 Å². The highest BCUT2D eigenvalue weighted by Gasteiger charge is 2.13. The van der Waals surface area contributed by atoms with Crippen molar-refractivity contribution in [2.45, 2.75) is 46.1 Å². The maximum atomic E-state index is 10.1. The average Bonchev–Trinajstić information content (AvgIpc) is 2.20. The lowest BCUT2D eigenvalue weighted by molar-refractivity contribution is 0.158. The van der Waals surface area contributed by atoms with Crippen molar-refractivity contribution in [1.82, 2.24) is 0 Å². The molecule has 0 aliphatic carbocycles. The number of hydrogen-bond acceptors (Lipinski definition) is 1. The molecule has 1 N–H and O–H groups in total. The summed E-state index contributed by atoms with van der Waals surface area (Å²) in [4.78, 5) is 0. The van der Waals surface area contributed by atoms with Gasteiger partial charge in [0.2, 0.25) is 0 Å². The van der Waals surface area contributed by atoms with Crippen molar-refractivity contribution in [1.29, 1.82) is 0 Å². The predicted octanol–water partition coefficient (Wildman–Crippen LogP) is 5.35. The fourth-order valence-electron chi connectivity index (χ4n) is 1.71. The molecule has 0 aromatic heterocycles. The molecule has 1 rings (SSSR count). The number of benzene rings is 1. The first kappa shape index (κ1) is 15.0. The topological polar surface area (TPSA) is 20.2 Å². The van der Waals surface area contributed by atoms with Gasteiger partial charge in [-0.3, -0.25) is 0 Å². The van der Waals surface area contributed by atoms with Gasteiger partial charge in [0, 0.05) is 4.47 Å². The summed E-state index contributed by atoms with van der Waals surface area (Å²) in [6, 6.07) is 5.59. The van der Waals surface area contributed by atoms with Gasteiger partial charge in [-0.15, -0.1) is 0 Å². The SMILES string of the molecule is CC(C)(C)CCCC(O)c1ccc(Cl)c(Br)c1. The molecular weight excluding hydrogens is 300 g/mol. The molecule has 1 aromatic carbocycles. The van der Waals surface area contributed by atoms with Gasteiger partial charge >= 0.3 is 0 Å². The maximum absolute atomic E-state index is 10.1. The fraction of sp³-hybridized carbons (Fsp3) is 0.571. The van der Waals surface area contributed by atoms with Gasteiger partial charge in [-0.2, -0.15) is 0 Å². The molecule has 0 aliphatic heterocycles. The number of aliphatic hydroxyl groups excluding tert-OH is 1. The zero-order chi connectivity index (χ0) is 13.1. The highest BCUT2D eigenvalue weighted by molar-refractivity contribution is 9.10. The van der Waals surface area contributed by atoms with Gasteiger partial charge in [0.1, 0.15) is 0 Å². The summed E-state index contributed by atoms with van der Waals surface area (Å²) in [6.45, 7) is 6.66. The monoisotopic (exact) mass is 318 g/mol. The highest BCUT2D eigenvalue weighted by Crippen LogP contribution is 2.29. The zero-order valence-electron chi connectivity index (χ0n) is 10.6. The van der Waals surface area contributed by atoms with Crippen LogP contribution in [0.5, 0.6) is 0 Å². The van der Waals surface area contributed by atoms with E-state index >= 15 is 0 Å². The van der Waals surface area contributed by atoms with Crippen LogP contribution in [0, 0.1) is 5.41 Å². The van der Waals surface area contributed by atoms with E-state index < -0.39 is 6.10 Å². The molecule has 0 fully saturated rings. The van der Waals surface area contributed by atoms with Crippen LogP contribution in [0.3, 0.4) is 0 Å². The third-order valence-electron chi connectivity index (χ3n) is 2.73. The molecule has 17 heavy (non-hydrogen) atoms. The van der Waals surface area contributed by atoms with Crippen molar-refractivity contribution < 1.29 is 5.11 Å². The third-order valence-corrected chi connectivity index (χ3v) is 3.95. The van der Waals surface area contributed by atoms with Crippen LogP contribution < -0.4 is 0 Å². The van der Waals surface area contributed by atoms with Crippen molar-refractivity contribution in [3.05, 3.63) is 33.3 Å².